The Hall–Kier alpha value is -1.29. The molecular weight excluding hydrogens is 194 g/mol. The first-order valence-corrected chi connectivity index (χ1v) is 5.14. The Bertz CT molecular complexity index is 319. The van der Waals surface area contributed by atoms with Crippen LogP contribution in [0.5, 0.6) is 0 Å². The molecule has 1 aromatic rings. The maximum Gasteiger partial charge on any atom is 0.254 e. The first-order chi connectivity index (χ1) is 7.17. The molecule has 1 heterocycles. The van der Waals surface area contributed by atoms with E-state index in [9.17, 15) is 4.79 Å². The van der Waals surface area contributed by atoms with Crippen LogP contribution in [0, 0.1) is 6.92 Å². The molecule has 84 valence electrons. The van der Waals surface area contributed by atoms with Gasteiger partial charge in [0.25, 0.3) is 5.91 Å². The summed E-state index contributed by atoms with van der Waals surface area (Å²) in [7, 11) is 0. The average Bonchev–Trinajstić information content (AvgIpc) is 2.64. The van der Waals surface area contributed by atoms with E-state index in [0.29, 0.717) is 12.0 Å². The molecule has 1 aromatic heterocycles. The van der Waals surface area contributed by atoms with Crippen molar-refractivity contribution in [1.82, 2.24) is 5.32 Å². The van der Waals surface area contributed by atoms with Gasteiger partial charge in [-0.05, 0) is 25.8 Å². The second-order valence-corrected chi connectivity index (χ2v) is 3.54. The van der Waals surface area contributed by atoms with Gasteiger partial charge in [-0.2, -0.15) is 0 Å². The number of furan rings is 1. The Morgan fingerprint density at radius 1 is 1.67 bits per heavy atom. The van der Waals surface area contributed by atoms with E-state index in [1.165, 1.54) is 6.26 Å². The number of rotatable bonds is 5. The Morgan fingerprint density at radius 3 is 2.87 bits per heavy atom. The molecule has 0 fully saturated rings. The summed E-state index contributed by atoms with van der Waals surface area (Å²) in [4.78, 5) is 11.6. The fraction of sp³-hybridized carbons (Fsp3) is 0.545. The van der Waals surface area contributed by atoms with Gasteiger partial charge in [0.1, 0.15) is 12.0 Å². The van der Waals surface area contributed by atoms with Crippen molar-refractivity contribution in [2.45, 2.75) is 32.7 Å². The summed E-state index contributed by atoms with van der Waals surface area (Å²) in [5, 5.41) is 11.6. The second kappa shape index (κ2) is 5.56. The summed E-state index contributed by atoms with van der Waals surface area (Å²) in [6.45, 7) is 3.85. The van der Waals surface area contributed by atoms with Crippen molar-refractivity contribution in [3.63, 3.8) is 0 Å². The lowest BCUT2D eigenvalue weighted by Gasteiger charge is -2.14. The number of hydrogen-bond donors (Lipinski definition) is 2. The molecule has 0 radical (unpaired) electrons. The first kappa shape index (κ1) is 11.8. The van der Waals surface area contributed by atoms with E-state index in [1.807, 2.05) is 6.92 Å². The molecule has 0 aliphatic heterocycles. The molecule has 0 saturated heterocycles. The van der Waals surface area contributed by atoms with Gasteiger partial charge in [0.2, 0.25) is 0 Å². The van der Waals surface area contributed by atoms with Gasteiger partial charge in [-0.1, -0.05) is 6.92 Å². The highest BCUT2D eigenvalue weighted by atomic mass is 16.3. The molecule has 1 amide bonds. The predicted octanol–water partition coefficient (Wildman–Crippen LogP) is 1.48. The molecule has 0 spiro atoms. The van der Waals surface area contributed by atoms with Crippen molar-refractivity contribution in [1.29, 1.82) is 0 Å². The minimum Gasteiger partial charge on any atom is -0.469 e. The van der Waals surface area contributed by atoms with Gasteiger partial charge >= 0.3 is 0 Å². The van der Waals surface area contributed by atoms with E-state index >= 15 is 0 Å². The van der Waals surface area contributed by atoms with Gasteiger partial charge < -0.3 is 14.8 Å². The fourth-order valence-electron chi connectivity index (χ4n) is 1.37. The maximum atomic E-state index is 11.6. The highest BCUT2D eigenvalue weighted by molar-refractivity contribution is 5.94. The second-order valence-electron chi connectivity index (χ2n) is 3.54. The fourth-order valence-corrected chi connectivity index (χ4v) is 1.37. The standard InChI is InChI=1S/C11H17NO3/c1-3-10(4-5-13)12-11(14)9-6-8(2)15-7-9/h6-7,10,13H,3-5H2,1-2H3,(H,12,14). The van der Waals surface area contributed by atoms with Gasteiger partial charge in [-0.3, -0.25) is 4.79 Å². The molecule has 2 N–H and O–H groups in total. The van der Waals surface area contributed by atoms with Crippen LogP contribution in [0.15, 0.2) is 16.7 Å². The largest absolute Gasteiger partial charge is 0.469 e. The number of aryl methyl sites for hydroxylation is 1. The molecule has 0 aliphatic rings. The molecule has 1 atom stereocenters. The lowest BCUT2D eigenvalue weighted by atomic mass is 10.1. The zero-order valence-electron chi connectivity index (χ0n) is 9.12. The Labute approximate surface area is 89.3 Å². The van der Waals surface area contributed by atoms with Gasteiger partial charge in [0.05, 0.1) is 5.56 Å². The summed E-state index contributed by atoms with van der Waals surface area (Å²) in [5.74, 6) is 0.572. The highest BCUT2D eigenvalue weighted by Gasteiger charge is 2.13. The van der Waals surface area contributed by atoms with Crippen LogP contribution in [0.1, 0.15) is 35.9 Å². The van der Waals surface area contributed by atoms with E-state index in [4.69, 9.17) is 9.52 Å². The molecule has 15 heavy (non-hydrogen) atoms. The maximum absolute atomic E-state index is 11.6. The number of carbonyl (C=O) groups is 1. The number of amides is 1. The SMILES string of the molecule is CCC(CCO)NC(=O)c1coc(C)c1. The van der Waals surface area contributed by atoms with Gasteiger partial charge in [-0.25, -0.2) is 0 Å². The number of hydrogen-bond acceptors (Lipinski definition) is 3. The van der Waals surface area contributed by atoms with Gasteiger partial charge in [0, 0.05) is 12.6 Å². The zero-order valence-corrected chi connectivity index (χ0v) is 9.12. The Kier molecular flexibility index (Phi) is 4.37. The van der Waals surface area contributed by atoms with Crippen molar-refractivity contribution < 1.29 is 14.3 Å². The summed E-state index contributed by atoms with van der Waals surface area (Å²) in [6, 6.07) is 1.72. The summed E-state index contributed by atoms with van der Waals surface area (Å²) >= 11 is 0. The molecule has 0 bridgehead atoms. The van der Waals surface area contributed by atoms with E-state index in [-0.39, 0.29) is 18.6 Å². The summed E-state index contributed by atoms with van der Waals surface area (Å²) in [6.07, 6.45) is 2.83. The van der Waals surface area contributed by atoms with Gasteiger partial charge in [-0.15, -0.1) is 0 Å². The third-order valence-corrected chi connectivity index (χ3v) is 2.30. The van der Waals surface area contributed by atoms with E-state index in [2.05, 4.69) is 5.32 Å². The van der Waals surface area contributed by atoms with Crippen LogP contribution in [-0.2, 0) is 0 Å². The van der Waals surface area contributed by atoms with Crippen molar-refractivity contribution in [2.75, 3.05) is 6.61 Å². The molecule has 4 heteroatoms. The molecule has 0 aromatic carbocycles. The number of nitrogens with one attached hydrogen (secondary N) is 1. The van der Waals surface area contributed by atoms with Crippen LogP contribution < -0.4 is 5.32 Å². The van der Waals surface area contributed by atoms with Crippen molar-refractivity contribution in [2.24, 2.45) is 0 Å². The van der Waals surface area contributed by atoms with Crippen LogP contribution >= 0.6 is 0 Å². The van der Waals surface area contributed by atoms with E-state index in [1.54, 1.807) is 13.0 Å². The van der Waals surface area contributed by atoms with E-state index in [0.717, 1.165) is 12.2 Å². The van der Waals surface area contributed by atoms with Crippen LogP contribution in [0.4, 0.5) is 0 Å². The van der Waals surface area contributed by atoms with Crippen molar-refractivity contribution in [3.8, 4) is 0 Å². The average molecular weight is 211 g/mol. The van der Waals surface area contributed by atoms with Crippen LogP contribution in [0.3, 0.4) is 0 Å². The number of aliphatic hydroxyl groups excluding tert-OH is 1. The first-order valence-electron chi connectivity index (χ1n) is 5.14. The van der Waals surface area contributed by atoms with Crippen LogP contribution in [0.2, 0.25) is 0 Å². The van der Waals surface area contributed by atoms with Crippen LogP contribution in [-0.4, -0.2) is 23.7 Å². The quantitative estimate of drug-likeness (QED) is 0.775. The smallest absolute Gasteiger partial charge is 0.254 e. The van der Waals surface area contributed by atoms with Gasteiger partial charge in [0.15, 0.2) is 0 Å². The lowest BCUT2D eigenvalue weighted by molar-refractivity contribution is 0.0928. The topological polar surface area (TPSA) is 62.5 Å². The number of aliphatic hydroxyl groups is 1. The Balaban J connectivity index is 2.54. The summed E-state index contributed by atoms with van der Waals surface area (Å²) < 4.78 is 5.05. The molecule has 0 saturated carbocycles. The minimum absolute atomic E-state index is 0.0257. The van der Waals surface area contributed by atoms with E-state index < -0.39 is 0 Å². The lowest BCUT2D eigenvalue weighted by Crippen LogP contribution is -2.34. The highest BCUT2D eigenvalue weighted by Crippen LogP contribution is 2.07. The van der Waals surface area contributed by atoms with Crippen molar-refractivity contribution in [3.05, 3.63) is 23.7 Å². The summed E-state index contributed by atoms with van der Waals surface area (Å²) in [5.41, 5.74) is 0.531. The number of carbonyl (C=O) groups excluding carboxylic acids is 1. The molecule has 0 aliphatic carbocycles. The third-order valence-electron chi connectivity index (χ3n) is 2.30. The third kappa shape index (κ3) is 3.40. The normalized spacial score (nSPS) is 12.5. The van der Waals surface area contributed by atoms with Crippen molar-refractivity contribution >= 4 is 5.91 Å². The predicted molar refractivity (Wildman–Crippen MR) is 56.7 cm³/mol. The molecule has 4 nitrogen and oxygen atoms in total. The van der Waals surface area contributed by atoms with Crippen LogP contribution in [0.25, 0.3) is 0 Å². The molecule has 1 unspecified atom stereocenters. The molecule has 1 rings (SSSR count). The minimum atomic E-state index is -0.146. The molecular formula is C11H17NO3. The zero-order chi connectivity index (χ0) is 11.3. The monoisotopic (exact) mass is 211 g/mol. The Morgan fingerprint density at radius 2 is 2.40 bits per heavy atom.